The van der Waals surface area contributed by atoms with Gasteiger partial charge < -0.3 is 9.64 Å². The second-order valence-corrected chi connectivity index (χ2v) is 7.32. The number of anilines is 1. The molecule has 0 spiro atoms. The Morgan fingerprint density at radius 3 is 2.89 bits per heavy atom. The highest BCUT2D eigenvalue weighted by Gasteiger charge is 2.39. The standard InChI is InChI=1S/C21H21N5O2/c1-14-3-2-4-15(11-14)16-5-9-26(24-16)21-12-20(22-19(13-27)23-21)25-8-6-18-17(25)7-10-28-18/h2-5,9,11-13,17-18H,6-8,10H2,1H3/t17-,18-/m1/s1. The summed E-state index contributed by atoms with van der Waals surface area (Å²) >= 11 is 0. The summed E-state index contributed by atoms with van der Waals surface area (Å²) in [7, 11) is 0. The zero-order chi connectivity index (χ0) is 19.1. The molecule has 5 rings (SSSR count). The summed E-state index contributed by atoms with van der Waals surface area (Å²) < 4.78 is 7.49. The van der Waals surface area contributed by atoms with Crippen molar-refractivity contribution in [2.75, 3.05) is 18.1 Å². The Bertz CT molecular complexity index is 1030. The number of benzene rings is 1. The van der Waals surface area contributed by atoms with Crippen LogP contribution in [0.25, 0.3) is 17.1 Å². The van der Waals surface area contributed by atoms with E-state index in [-0.39, 0.29) is 11.9 Å². The minimum Gasteiger partial charge on any atom is -0.376 e. The molecule has 2 saturated heterocycles. The predicted molar refractivity (Wildman–Crippen MR) is 105 cm³/mol. The van der Waals surface area contributed by atoms with Crippen molar-refractivity contribution < 1.29 is 9.53 Å². The first kappa shape index (κ1) is 17.1. The fourth-order valence-electron chi connectivity index (χ4n) is 4.15. The average Bonchev–Trinajstić information content (AvgIpc) is 3.44. The minimum absolute atomic E-state index is 0.169. The molecule has 4 heterocycles. The second kappa shape index (κ2) is 6.83. The topological polar surface area (TPSA) is 73.1 Å². The third-order valence-electron chi connectivity index (χ3n) is 5.48. The Labute approximate surface area is 163 Å². The number of hydrogen-bond donors (Lipinski definition) is 0. The summed E-state index contributed by atoms with van der Waals surface area (Å²) in [6.45, 7) is 3.71. The van der Waals surface area contributed by atoms with Crippen LogP contribution < -0.4 is 4.90 Å². The summed E-state index contributed by atoms with van der Waals surface area (Å²) in [6.07, 6.45) is 4.79. The molecule has 142 valence electrons. The smallest absolute Gasteiger partial charge is 0.196 e. The lowest BCUT2D eigenvalue weighted by Gasteiger charge is -2.24. The van der Waals surface area contributed by atoms with E-state index >= 15 is 0 Å². The zero-order valence-corrected chi connectivity index (χ0v) is 15.7. The molecule has 0 unspecified atom stereocenters. The van der Waals surface area contributed by atoms with Crippen LogP contribution in [0.5, 0.6) is 0 Å². The number of ether oxygens (including phenoxy) is 1. The van der Waals surface area contributed by atoms with Gasteiger partial charge in [0.15, 0.2) is 17.9 Å². The van der Waals surface area contributed by atoms with Gasteiger partial charge in [-0.2, -0.15) is 5.10 Å². The van der Waals surface area contributed by atoms with Crippen molar-refractivity contribution >= 4 is 12.1 Å². The molecule has 0 bridgehead atoms. The molecule has 2 aromatic heterocycles. The first-order valence-electron chi connectivity index (χ1n) is 9.57. The highest BCUT2D eigenvalue weighted by molar-refractivity contribution is 5.70. The molecule has 28 heavy (non-hydrogen) atoms. The Hall–Kier alpha value is -3.06. The molecule has 0 saturated carbocycles. The average molecular weight is 375 g/mol. The van der Waals surface area contributed by atoms with Crippen molar-refractivity contribution in [1.29, 1.82) is 0 Å². The van der Waals surface area contributed by atoms with Gasteiger partial charge >= 0.3 is 0 Å². The lowest BCUT2D eigenvalue weighted by molar-refractivity contribution is 0.111. The SMILES string of the molecule is Cc1cccc(-c2ccn(-c3cc(N4CC[C@H]5OCC[C@H]54)nc(C=O)n3)n2)c1. The van der Waals surface area contributed by atoms with Crippen LogP contribution in [0.4, 0.5) is 5.82 Å². The van der Waals surface area contributed by atoms with Gasteiger partial charge in [-0.3, -0.25) is 4.79 Å². The van der Waals surface area contributed by atoms with Crippen molar-refractivity contribution in [3.8, 4) is 17.1 Å². The number of carbonyl (C=O) groups excluding carboxylic acids is 1. The maximum absolute atomic E-state index is 11.5. The number of rotatable bonds is 4. The van der Waals surface area contributed by atoms with Crippen molar-refractivity contribution in [2.24, 2.45) is 0 Å². The first-order chi connectivity index (χ1) is 13.7. The third-order valence-corrected chi connectivity index (χ3v) is 5.48. The Kier molecular flexibility index (Phi) is 4.16. The molecule has 2 atom stereocenters. The molecule has 2 aliphatic rings. The van der Waals surface area contributed by atoms with Gasteiger partial charge in [-0.15, -0.1) is 0 Å². The minimum atomic E-state index is 0.169. The zero-order valence-electron chi connectivity index (χ0n) is 15.7. The van der Waals surface area contributed by atoms with Gasteiger partial charge in [-0.25, -0.2) is 14.6 Å². The maximum atomic E-state index is 11.5. The van der Waals surface area contributed by atoms with Crippen LogP contribution in [0.1, 0.15) is 29.0 Å². The molecule has 2 aliphatic heterocycles. The van der Waals surface area contributed by atoms with Crippen LogP contribution in [0.3, 0.4) is 0 Å². The van der Waals surface area contributed by atoms with E-state index in [2.05, 4.69) is 39.0 Å². The van der Waals surface area contributed by atoms with E-state index in [4.69, 9.17) is 4.74 Å². The quantitative estimate of drug-likeness (QED) is 0.653. The fourth-order valence-corrected chi connectivity index (χ4v) is 4.15. The fraction of sp³-hybridized carbons (Fsp3) is 0.333. The first-order valence-corrected chi connectivity index (χ1v) is 9.57. The molecule has 0 radical (unpaired) electrons. The number of hydrogen-bond acceptors (Lipinski definition) is 6. The maximum Gasteiger partial charge on any atom is 0.196 e. The molecule has 2 fully saturated rings. The van der Waals surface area contributed by atoms with Crippen LogP contribution in [0.15, 0.2) is 42.6 Å². The molecule has 1 aromatic carbocycles. The van der Waals surface area contributed by atoms with Gasteiger partial charge in [0.25, 0.3) is 0 Å². The number of aldehydes is 1. The van der Waals surface area contributed by atoms with E-state index in [1.54, 1.807) is 4.68 Å². The van der Waals surface area contributed by atoms with E-state index in [1.807, 2.05) is 30.5 Å². The van der Waals surface area contributed by atoms with Gasteiger partial charge in [0, 0.05) is 31.0 Å². The van der Waals surface area contributed by atoms with E-state index in [0.29, 0.717) is 18.1 Å². The largest absolute Gasteiger partial charge is 0.376 e. The highest BCUT2D eigenvalue weighted by Crippen LogP contribution is 2.33. The number of fused-ring (bicyclic) bond motifs is 1. The number of aromatic nitrogens is 4. The molecule has 0 N–H and O–H groups in total. The molecular weight excluding hydrogens is 354 g/mol. The van der Waals surface area contributed by atoms with Crippen molar-refractivity contribution in [1.82, 2.24) is 19.7 Å². The molecule has 0 aliphatic carbocycles. The number of aryl methyl sites for hydroxylation is 1. The molecule has 0 amide bonds. The van der Waals surface area contributed by atoms with Crippen molar-refractivity contribution in [3.05, 3.63) is 54.0 Å². The van der Waals surface area contributed by atoms with Crippen molar-refractivity contribution in [2.45, 2.75) is 31.9 Å². The van der Waals surface area contributed by atoms with Gasteiger partial charge in [0.1, 0.15) is 5.82 Å². The highest BCUT2D eigenvalue weighted by atomic mass is 16.5. The van der Waals surface area contributed by atoms with Gasteiger partial charge in [0.05, 0.1) is 17.8 Å². The normalized spacial score (nSPS) is 21.1. The summed E-state index contributed by atoms with van der Waals surface area (Å²) in [4.78, 5) is 22.5. The molecular formula is C21H21N5O2. The second-order valence-electron chi connectivity index (χ2n) is 7.32. The van der Waals surface area contributed by atoms with E-state index in [9.17, 15) is 4.79 Å². The predicted octanol–water partition coefficient (Wildman–Crippen LogP) is 2.82. The Morgan fingerprint density at radius 2 is 2.04 bits per heavy atom. The summed E-state index contributed by atoms with van der Waals surface area (Å²) in [5.74, 6) is 1.52. The van der Waals surface area contributed by atoms with E-state index < -0.39 is 0 Å². The van der Waals surface area contributed by atoms with Crippen LogP contribution in [0.2, 0.25) is 0 Å². The monoisotopic (exact) mass is 375 g/mol. The van der Waals surface area contributed by atoms with Gasteiger partial charge in [-0.05, 0) is 31.9 Å². The van der Waals surface area contributed by atoms with E-state index in [0.717, 1.165) is 43.1 Å². The Morgan fingerprint density at radius 1 is 1.14 bits per heavy atom. The molecule has 3 aromatic rings. The van der Waals surface area contributed by atoms with Gasteiger partial charge in [0.2, 0.25) is 0 Å². The number of carbonyl (C=O) groups is 1. The summed E-state index contributed by atoms with van der Waals surface area (Å²) in [5.41, 5.74) is 3.10. The van der Waals surface area contributed by atoms with Crippen LogP contribution in [-0.2, 0) is 4.74 Å². The third kappa shape index (κ3) is 2.97. The molecule has 7 heteroatoms. The van der Waals surface area contributed by atoms with Gasteiger partial charge in [-0.1, -0.05) is 23.8 Å². The van der Waals surface area contributed by atoms with Crippen LogP contribution in [-0.4, -0.2) is 51.3 Å². The van der Waals surface area contributed by atoms with Crippen LogP contribution in [0, 0.1) is 6.92 Å². The Balaban J connectivity index is 1.51. The van der Waals surface area contributed by atoms with Crippen molar-refractivity contribution in [3.63, 3.8) is 0 Å². The number of nitrogens with zero attached hydrogens (tertiary/aromatic N) is 5. The van der Waals surface area contributed by atoms with E-state index in [1.165, 1.54) is 5.56 Å². The lowest BCUT2D eigenvalue weighted by atomic mass is 10.1. The summed E-state index contributed by atoms with van der Waals surface area (Å²) in [6, 6.07) is 12.4. The summed E-state index contributed by atoms with van der Waals surface area (Å²) in [5, 5.41) is 4.67. The van der Waals surface area contributed by atoms with Crippen LogP contribution >= 0.6 is 0 Å². The lowest BCUT2D eigenvalue weighted by Crippen LogP contribution is -2.33. The molecule has 7 nitrogen and oxygen atoms in total.